The fourth-order valence-corrected chi connectivity index (χ4v) is 2.52. The zero-order chi connectivity index (χ0) is 18.7. The van der Waals surface area contributed by atoms with Crippen LogP contribution in [0.5, 0.6) is 5.75 Å². The van der Waals surface area contributed by atoms with Gasteiger partial charge in [0.05, 0.1) is 12.2 Å². The van der Waals surface area contributed by atoms with Gasteiger partial charge in [0.2, 0.25) is 0 Å². The minimum absolute atomic E-state index is 0.561. The predicted molar refractivity (Wildman–Crippen MR) is 108 cm³/mol. The highest BCUT2D eigenvalue weighted by molar-refractivity contribution is 5.79. The van der Waals surface area contributed by atoms with Crippen LogP contribution in [-0.2, 0) is 19.7 Å². The summed E-state index contributed by atoms with van der Waals surface area (Å²) in [5.41, 5.74) is 3.29. The maximum atomic E-state index is 5.77. The van der Waals surface area contributed by atoms with E-state index in [4.69, 9.17) is 4.74 Å². The third-order valence-electron chi connectivity index (χ3n) is 4.02. The molecule has 0 aliphatic rings. The number of rotatable bonds is 7. The van der Waals surface area contributed by atoms with Crippen molar-refractivity contribution in [3.8, 4) is 5.75 Å². The standard InChI is InChI=1S/C22H24N4O/c1-23-22(26-16-20-7-5-6-14-24-20)25-15-18-10-12-19(13-11-18)17-27-21-8-3-2-4-9-21/h2-14H,15-17H2,1H3,(H2,23,25,26). The minimum Gasteiger partial charge on any atom is -0.489 e. The van der Waals surface area contributed by atoms with Gasteiger partial charge in [0.15, 0.2) is 5.96 Å². The fourth-order valence-electron chi connectivity index (χ4n) is 2.52. The van der Waals surface area contributed by atoms with E-state index in [2.05, 4.69) is 44.9 Å². The molecule has 0 aliphatic heterocycles. The van der Waals surface area contributed by atoms with E-state index in [1.807, 2.05) is 48.5 Å². The number of nitrogens with one attached hydrogen (secondary N) is 2. The Labute approximate surface area is 160 Å². The number of aliphatic imine (C=N–C) groups is 1. The van der Waals surface area contributed by atoms with Gasteiger partial charge < -0.3 is 15.4 Å². The van der Waals surface area contributed by atoms with Gasteiger partial charge in [0.25, 0.3) is 0 Å². The SMILES string of the molecule is CN=C(NCc1ccc(COc2ccccc2)cc1)NCc1ccccn1. The van der Waals surface area contributed by atoms with Gasteiger partial charge in [-0.05, 0) is 35.4 Å². The predicted octanol–water partition coefficient (Wildman–Crippen LogP) is 3.53. The summed E-state index contributed by atoms with van der Waals surface area (Å²) in [4.78, 5) is 8.54. The molecule has 1 aromatic heterocycles. The maximum Gasteiger partial charge on any atom is 0.191 e. The van der Waals surface area contributed by atoms with Gasteiger partial charge in [-0.3, -0.25) is 9.98 Å². The number of hydrogen-bond acceptors (Lipinski definition) is 3. The van der Waals surface area contributed by atoms with Gasteiger partial charge in [-0.1, -0.05) is 48.5 Å². The molecule has 0 saturated heterocycles. The highest BCUT2D eigenvalue weighted by atomic mass is 16.5. The van der Waals surface area contributed by atoms with Crippen molar-refractivity contribution in [2.45, 2.75) is 19.7 Å². The van der Waals surface area contributed by atoms with E-state index in [9.17, 15) is 0 Å². The van der Waals surface area contributed by atoms with Crippen molar-refractivity contribution < 1.29 is 4.74 Å². The molecule has 2 N–H and O–H groups in total. The van der Waals surface area contributed by atoms with Gasteiger partial charge in [0, 0.05) is 19.8 Å². The third kappa shape index (κ3) is 6.15. The number of nitrogens with zero attached hydrogens (tertiary/aromatic N) is 2. The molecular formula is C22H24N4O. The molecule has 0 fully saturated rings. The summed E-state index contributed by atoms with van der Waals surface area (Å²) in [6.07, 6.45) is 1.79. The van der Waals surface area contributed by atoms with Gasteiger partial charge in [-0.25, -0.2) is 0 Å². The number of ether oxygens (including phenoxy) is 1. The quantitative estimate of drug-likeness (QED) is 0.500. The Bertz CT molecular complexity index is 833. The molecule has 0 unspecified atom stereocenters. The molecular weight excluding hydrogens is 336 g/mol. The molecule has 3 rings (SSSR count). The average molecular weight is 360 g/mol. The number of pyridine rings is 1. The second-order valence-electron chi connectivity index (χ2n) is 6.02. The van der Waals surface area contributed by atoms with E-state index in [1.54, 1.807) is 13.2 Å². The molecule has 0 spiro atoms. The topological polar surface area (TPSA) is 58.5 Å². The fraction of sp³-hybridized carbons (Fsp3) is 0.182. The van der Waals surface area contributed by atoms with Crippen LogP contribution >= 0.6 is 0 Å². The molecule has 0 amide bonds. The van der Waals surface area contributed by atoms with Crippen molar-refractivity contribution in [1.82, 2.24) is 15.6 Å². The van der Waals surface area contributed by atoms with Crippen LogP contribution in [0.15, 0.2) is 84.0 Å². The van der Waals surface area contributed by atoms with Crippen molar-refractivity contribution in [3.63, 3.8) is 0 Å². The molecule has 0 radical (unpaired) electrons. The molecule has 138 valence electrons. The first kappa shape index (κ1) is 18.5. The Morgan fingerprint density at radius 1 is 0.852 bits per heavy atom. The van der Waals surface area contributed by atoms with Crippen LogP contribution in [0.2, 0.25) is 0 Å². The summed E-state index contributed by atoms with van der Waals surface area (Å²) in [7, 11) is 1.76. The molecule has 0 atom stereocenters. The lowest BCUT2D eigenvalue weighted by Gasteiger charge is -2.12. The van der Waals surface area contributed by atoms with E-state index in [0.29, 0.717) is 19.7 Å². The smallest absolute Gasteiger partial charge is 0.191 e. The number of benzene rings is 2. The Balaban J connectivity index is 1.44. The van der Waals surface area contributed by atoms with Gasteiger partial charge in [0.1, 0.15) is 12.4 Å². The summed E-state index contributed by atoms with van der Waals surface area (Å²) in [5.74, 6) is 1.63. The molecule has 5 nitrogen and oxygen atoms in total. The van der Waals surface area contributed by atoms with Gasteiger partial charge >= 0.3 is 0 Å². The Kier molecular flexibility index (Phi) is 6.81. The first-order valence-electron chi connectivity index (χ1n) is 8.93. The van der Waals surface area contributed by atoms with E-state index in [-0.39, 0.29) is 0 Å². The molecule has 0 aliphatic carbocycles. The highest BCUT2D eigenvalue weighted by Gasteiger charge is 2.01. The van der Waals surface area contributed by atoms with Crippen LogP contribution in [0, 0.1) is 0 Å². The van der Waals surface area contributed by atoms with Crippen molar-refractivity contribution in [2.75, 3.05) is 7.05 Å². The molecule has 27 heavy (non-hydrogen) atoms. The largest absolute Gasteiger partial charge is 0.489 e. The van der Waals surface area contributed by atoms with Crippen molar-refractivity contribution >= 4 is 5.96 Å². The Morgan fingerprint density at radius 3 is 2.26 bits per heavy atom. The zero-order valence-corrected chi connectivity index (χ0v) is 15.4. The Hall–Kier alpha value is -3.34. The van der Waals surface area contributed by atoms with E-state index >= 15 is 0 Å². The maximum absolute atomic E-state index is 5.77. The van der Waals surface area contributed by atoms with Crippen molar-refractivity contribution in [2.24, 2.45) is 4.99 Å². The molecule has 2 aromatic carbocycles. The minimum atomic E-state index is 0.561. The highest BCUT2D eigenvalue weighted by Crippen LogP contribution is 2.12. The van der Waals surface area contributed by atoms with E-state index in [1.165, 1.54) is 5.56 Å². The van der Waals surface area contributed by atoms with Crippen LogP contribution in [0.3, 0.4) is 0 Å². The molecule has 5 heteroatoms. The number of hydrogen-bond donors (Lipinski definition) is 2. The summed E-state index contributed by atoms with van der Waals surface area (Å²) in [5, 5.41) is 6.58. The average Bonchev–Trinajstić information content (AvgIpc) is 2.74. The first-order valence-corrected chi connectivity index (χ1v) is 8.93. The lowest BCUT2D eigenvalue weighted by molar-refractivity contribution is 0.306. The number of para-hydroxylation sites is 1. The zero-order valence-electron chi connectivity index (χ0n) is 15.4. The van der Waals surface area contributed by atoms with Gasteiger partial charge in [-0.2, -0.15) is 0 Å². The summed E-state index contributed by atoms with van der Waals surface area (Å²) in [6.45, 7) is 1.89. The number of guanidine groups is 1. The van der Waals surface area contributed by atoms with Crippen LogP contribution < -0.4 is 15.4 Å². The lowest BCUT2D eigenvalue weighted by Crippen LogP contribution is -2.36. The summed E-state index contributed by atoms with van der Waals surface area (Å²) in [6, 6.07) is 24.1. The van der Waals surface area contributed by atoms with Crippen LogP contribution in [0.4, 0.5) is 0 Å². The van der Waals surface area contributed by atoms with Crippen LogP contribution in [-0.4, -0.2) is 18.0 Å². The third-order valence-corrected chi connectivity index (χ3v) is 4.02. The molecule has 3 aromatic rings. The number of aromatic nitrogens is 1. The van der Waals surface area contributed by atoms with Gasteiger partial charge in [-0.15, -0.1) is 0 Å². The summed E-state index contributed by atoms with van der Waals surface area (Å²) >= 11 is 0. The summed E-state index contributed by atoms with van der Waals surface area (Å²) < 4.78 is 5.77. The Morgan fingerprint density at radius 2 is 1.56 bits per heavy atom. The lowest BCUT2D eigenvalue weighted by atomic mass is 10.1. The second-order valence-corrected chi connectivity index (χ2v) is 6.02. The normalized spacial score (nSPS) is 11.1. The van der Waals surface area contributed by atoms with Crippen molar-refractivity contribution in [3.05, 3.63) is 95.8 Å². The van der Waals surface area contributed by atoms with Crippen LogP contribution in [0.25, 0.3) is 0 Å². The molecule has 0 bridgehead atoms. The van der Waals surface area contributed by atoms with E-state index < -0.39 is 0 Å². The first-order chi connectivity index (χ1) is 13.3. The second kappa shape index (κ2) is 9.97. The molecule has 1 heterocycles. The molecule has 0 saturated carbocycles. The van der Waals surface area contributed by atoms with E-state index in [0.717, 1.165) is 23.0 Å². The monoisotopic (exact) mass is 360 g/mol. The van der Waals surface area contributed by atoms with Crippen LogP contribution in [0.1, 0.15) is 16.8 Å². The van der Waals surface area contributed by atoms with Crippen molar-refractivity contribution in [1.29, 1.82) is 0 Å².